The summed E-state index contributed by atoms with van der Waals surface area (Å²) >= 11 is 9.90. The monoisotopic (exact) mass is 342 g/mol. The van der Waals surface area contributed by atoms with Crippen LogP contribution in [-0.2, 0) is 0 Å². The molecule has 2 aliphatic rings. The van der Waals surface area contributed by atoms with Crippen molar-refractivity contribution in [1.29, 1.82) is 0 Å². The molecule has 2 unspecified atom stereocenters. The van der Waals surface area contributed by atoms with Crippen molar-refractivity contribution in [3.63, 3.8) is 0 Å². The first-order chi connectivity index (χ1) is 9.15. The maximum atomic E-state index is 6.31. The fourth-order valence-electron chi connectivity index (χ4n) is 3.55. The predicted molar refractivity (Wildman–Crippen MR) is 81.7 cm³/mol. The van der Waals surface area contributed by atoms with E-state index in [1.807, 2.05) is 0 Å². The van der Waals surface area contributed by atoms with E-state index in [-0.39, 0.29) is 0 Å². The second kappa shape index (κ2) is 5.69. The number of halogens is 2. The van der Waals surface area contributed by atoms with Crippen molar-refractivity contribution in [2.75, 3.05) is 0 Å². The fraction of sp³-hybridized carbons (Fsp3) is 0.733. The topological polar surface area (TPSA) is 25.8 Å². The van der Waals surface area contributed by atoms with Crippen LogP contribution in [0, 0.1) is 5.92 Å². The molecule has 0 amide bonds. The lowest BCUT2D eigenvalue weighted by Gasteiger charge is -2.16. The molecule has 0 aliphatic heterocycles. The SMILES string of the molecule is CC1CCC(c2nc(Cl)c(Br)c(C3CCCC3)n2)C1. The van der Waals surface area contributed by atoms with Gasteiger partial charge >= 0.3 is 0 Å². The maximum absolute atomic E-state index is 6.31. The molecule has 2 nitrogen and oxygen atoms in total. The smallest absolute Gasteiger partial charge is 0.147 e. The molecule has 2 fully saturated rings. The van der Waals surface area contributed by atoms with Crippen LogP contribution in [0.15, 0.2) is 4.47 Å². The number of hydrogen-bond acceptors (Lipinski definition) is 2. The van der Waals surface area contributed by atoms with Crippen LogP contribution in [0.5, 0.6) is 0 Å². The minimum atomic E-state index is 0.515. The summed E-state index contributed by atoms with van der Waals surface area (Å²) in [5, 5.41) is 0.603. The number of rotatable bonds is 2. The Morgan fingerprint density at radius 3 is 2.42 bits per heavy atom. The van der Waals surface area contributed by atoms with E-state index in [9.17, 15) is 0 Å². The highest BCUT2D eigenvalue weighted by molar-refractivity contribution is 9.10. The van der Waals surface area contributed by atoms with Gasteiger partial charge in [-0.3, -0.25) is 0 Å². The highest BCUT2D eigenvalue weighted by Gasteiger charge is 2.29. The molecular weight excluding hydrogens is 324 g/mol. The van der Waals surface area contributed by atoms with E-state index in [4.69, 9.17) is 16.6 Å². The second-order valence-corrected chi connectivity index (χ2v) is 7.32. The molecular formula is C15H20BrClN2. The molecule has 2 atom stereocenters. The molecule has 104 valence electrons. The average molecular weight is 344 g/mol. The molecule has 0 N–H and O–H groups in total. The van der Waals surface area contributed by atoms with Crippen LogP contribution in [0.3, 0.4) is 0 Å². The molecule has 0 aromatic carbocycles. The van der Waals surface area contributed by atoms with E-state index < -0.39 is 0 Å². The predicted octanol–water partition coefficient (Wildman–Crippen LogP) is 5.45. The van der Waals surface area contributed by atoms with E-state index in [0.717, 1.165) is 21.9 Å². The van der Waals surface area contributed by atoms with E-state index in [0.29, 0.717) is 17.0 Å². The molecule has 2 saturated carbocycles. The van der Waals surface area contributed by atoms with Gasteiger partial charge in [-0.1, -0.05) is 31.4 Å². The Morgan fingerprint density at radius 2 is 1.79 bits per heavy atom. The van der Waals surface area contributed by atoms with Gasteiger partial charge in [0.05, 0.1) is 10.2 Å². The molecule has 4 heteroatoms. The number of nitrogens with zero attached hydrogens (tertiary/aromatic N) is 2. The van der Waals surface area contributed by atoms with Crippen molar-refractivity contribution >= 4 is 27.5 Å². The summed E-state index contributed by atoms with van der Waals surface area (Å²) in [6.07, 6.45) is 8.83. The molecule has 1 aromatic heterocycles. The largest absolute Gasteiger partial charge is 0.236 e. The summed E-state index contributed by atoms with van der Waals surface area (Å²) in [6, 6.07) is 0. The maximum Gasteiger partial charge on any atom is 0.147 e. The summed E-state index contributed by atoms with van der Waals surface area (Å²) in [5.74, 6) is 2.87. The summed E-state index contributed by atoms with van der Waals surface area (Å²) in [4.78, 5) is 9.42. The molecule has 0 bridgehead atoms. The normalized spacial score (nSPS) is 28.2. The molecule has 0 spiro atoms. The lowest BCUT2D eigenvalue weighted by Crippen LogP contribution is -2.08. The van der Waals surface area contributed by atoms with Gasteiger partial charge < -0.3 is 0 Å². The third-order valence-electron chi connectivity index (χ3n) is 4.66. The van der Waals surface area contributed by atoms with Gasteiger partial charge in [-0.25, -0.2) is 9.97 Å². The van der Waals surface area contributed by atoms with Gasteiger partial charge in [0.2, 0.25) is 0 Å². The Labute approximate surface area is 128 Å². The van der Waals surface area contributed by atoms with Crippen molar-refractivity contribution in [3.8, 4) is 0 Å². The van der Waals surface area contributed by atoms with Crippen molar-refractivity contribution in [2.24, 2.45) is 5.92 Å². The number of hydrogen-bond donors (Lipinski definition) is 0. The van der Waals surface area contributed by atoms with E-state index >= 15 is 0 Å². The Balaban J connectivity index is 1.93. The lowest BCUT2D eigenvalue weighted by molar-refractivity contribution is 0.579. The zero-order chi connectivity index (χ0) is 13.4. The van der Waals surface area contributed by atoms with E-state index in [2.05, 4.69) is 27.8 Å². The third-order valence-corrected chi connectivity index (χ3v) is 5.94. The number of aromatic nitrogens is 2. The van der Waals surface area contributed by atoms with Crippen molar-refractivity contribution in [1.82, 2.24) is 9.97 Å². The first-order valence-electron chi connectivity index (χ1n) is 7.38. The zero-order valence-electron chi connectivity index (χ0n) is 11.3. The molecule has 2 aliphatic carbocycles. The van der Waals surface area contributed by atoms with Gasteiger partial charge in [0.1, 0.15) is 11.0 Å². The molecule has 19 heavy (non-hydrogen) atoms. The van der Waals surface area contributed by atoms with Gasteiger partial charge in [0.25, 0.3) is 0 Å². The minimum absolute atomic E-state index is 0.515. The lowest BCUT2D eigenvalue weighted by atomic mass is 10.0. The summed E-state index contributed by atoms with van der Waals surface area (Å²) in [5.41, 5.74) is 1.16. The second-order valence-electron chi connectivity index (χ2n) is 6.17. The fourth-order valence-corrected chi connectivity index (χ4v) is 4.23. The van der Waals surface area contributed by atoms with Crippen LogP contribution in [0.4, 0.5) is 0 Å². The van der Waals surface area contributed by atoms with E-state index in [1.54, 1.807) is 0 Å². The van der Waals surface area contributed by atoms with Crippen LogP contribution in [0.25, 0.3) is 0 Å². The van der Waals surface area contributed by atoms with Gasteiger partial charge in [-0.05, 0) is 54.0 Å². The third kappa shape index (κ3) is 2.82. The molecule has 3 rings (SSSR count). The Kier molecular flexibility index (Phi) is 4.14. The highest BCUT2D eigenvalue weighted by atomic mass is 79.9. The summed E-state index contributed by atoms with van der Waals surface area (Å²) < 4.78 is 0.927. The Bertz CT molecular complexity index is 471. The average Bonchev–Trinajstić information content (AvgIpc) is 3.03. The van der Waals surface area contributed by atoms with Crippen LogP contribution >= 0.6 is 27.5 Å². The highest BCUT2D eigenvalue weighted by Crippen LogP contribution is 2.41. The van der Waals surface area contributed by atoms with Gasteiger partial charge in [-0.2, -0.15) is 0 Å². The Morgan fingerprint density at radius 1 is 1.05 bits per heavy atom. The summed E-state index contributed by atoms with van der Waals surface area (Å²) in [7, 11) is 0. The van der Waals surface area contributed by atoms with Gasteiger partial charge in [0, 0.05) is 11.8 Å². The van der Waals surface area contributed by atoms with Gasteiger partial charge in [0.15, 0.2) is 0 Å². The standard InChI is InChI=1S/C15H20BrClN2/c1-9-6-7-11(8-9)15-18-13(10-4-2-3-5-10)12(16)14(17)19-15/h9-11H,2-8H2,1H3. The van der Waals surface area contributed by atoms with E-state index in [1.165, 1.54) is 44.9 Å². The van der Waals surface area contributed by atoms with Crippen LogP contribution < -0.4 is 0 Å². The first-order valence-corrected chi connectivity index (χ1v) is 8.55. The quantitative estimate of drug-likeness (QED) is 0.667. The molecule has 0 radical (unpaired) electrons. The molecule has 0 saturated heterocycles. The zero-order valence-corrected chi connectivity index (χ0v) is 13.7. The molecule has 1 aromatic rings. The first kappa shape index (κ1) is 13.8. The summed E-state index contributed by atoms with van der Waals surface area (Å²) in [6.45, 7) is 2.32. The molecule has 1 heterocycles. The van der Waals surface area contributed by atoms with Crippen molar-refractivity contribution in [2.45, 2.75) is 63.7 Å². The van der Waals surface area contributed by atoms with Gasteiger partial charge in [-0.15, -0.1) is 0 Å². The van der Waals surface area contributed by atoms with Crippen LogP contribution in [-0.4, -0.2) is 9.97 Å². The Hall–Kier alpha value is -0.150. The van der Waals surface area contributed by atoms with Crippen molar-refractivity contribution in [3.05, 3.63) is 21.1 Å². The minimum Gasteiger partial charge on any atom is -0.236 e. The van der Waals surface area contributed by atoms with Crippen LogP contribution in [0.2, 0.25) is 5.15 Å². The van der Waals surface area contributed by atoms with Crippen molar-refractivity contribution < 1.29 is 0 Å². The van der Waals surface area contributed by atoms with Crippen LogP contribution in [0.1, 0.15) is 75.2 Å².